The monoisotopic (exact) mass is 513 g/mol. The van der Waals surface area contributed by atoms with E-state index in [-0.39, 0.29) is 25.1 Å². The molecule has 0 spiro atoms. The normalized spacial score (nSPS) is 11.9. The van der Waals surface area contributed by atoms with E-state index in [4.69, 9.17) is 5.73 Å². The van der Waals surface area contributed by atoms with Crippen molar-refractivity contribution in [2.45, 2.75) is 24.9 Å². The maximum atomic E-state index is 12.5. The molecule has 0 saturated heterocycles. The molecule has 0 aromatic heterocycles. The van der Waals surface area contributed by atoms with E-state index in [0.29, 0.717) is 0 Å². The second-order valence-electron chi connectivity index (χ2n) is 8.08. The van der Waals surface area contributed by atoms with Gasteiger partial charge in [-0.2, -0.15) is 0 Å². The van der Waals surface area contributed by atoms with Crippen molar-refractivity contribution in [3.8, 4) is 5.75 Å². The van der Waals surface area contributed by atoms with E-state index in [2.05, 4.69) is 26.0 Å². The van der Waals surface area contributed by atoms with Crippen LogP contribution in [-0.2, 0) is 41.6 Å². The minimum Gasteiger partial charge on any atom is -0.508 e. The van der Waals surface area contributed by atoms with Crippen LogP contribution in [-0.4, -0.2) is 73.5 Å². The number of esters is 1. The largest absolute Gasteiger partial charge is 0.508 e. The first-order chi connectivity index (χ1) is 17.7. The molecular weight excluding hydrogens is 482 g/mol. The summed E-state index contributed by atoms with van der Waals surface area (Å²) in [5.74, 6) is -2.97. The average molecular weight is 514 g/mol. The average Bonchev–Trinajstić information content (AvgIpc) is 2.90. The molecule has 12 heteroatoms. The molecule has 2 aromatic rings. The molecular formula is C25H31N5O7. The number of hydrogen-bond donors (Lipinski definition) is 6. The number of methoxy groups -OCH3 is 1. The molecule has 0 heterocycles. The van der Waals surface area contributed by atoms with E-state index in [1.54, 1.807) is 36.4 Å². The highest BCUT2D eigenvalue weighted by Gasteiger charge is 2.22. The van der Waals surface area contributed by atoms with E-state index in [0.717, 1.165) is 11.1 Å². The molecule has 37 heavy (non-hydrogen) atoms. The van der Waals surface area contributed by atoms with Gasteiger partial charge in [-0.25, -0.2) is 0 Å². The van der Waals surface area contributed by atoms with Crippen molar-refractivity contribution in [2.24, 2.45) is 5.73 Å². The lowest BCUT2D eigenvalue weighted by Crippen LogP contribution is -2.52. The molecule has 2 aromatic carbocycles. The van der Waals surface area contributed by atoms with Crippen LogP contribution >= 0.6 is 0 Å². The molecule has 198 valence electrons. The summed E-state index contributed by atoms with van der Waals surface area (Å²) in [4.78, 5) is 60.5. The summed E-state index contributed by atoms with van der Waals surface area (Å²) in [7, 11) is 1.19. The Balaban J connectivity index is 1.81. The van der Waals surface area contributed by atoms with Gasteiger partial charge in [-0.1, -0.05) is 42.5 Å². The predicted octanol–water partition coefficient (Wildman–Crippen LogP) is -1.49. The van der Waals surface area contributed by atoms with Gasteiger partial charge in [0.05, 0.1) is 26.2 Å². The maximum Gasteiger partial charge on any atom is 0.325 e. The van der Waals surface area contributed by atoms with E-state index >= 15 is 0 Å². The molecule has 0 bridgehead atoms. The molecule has 0 saturated carbocycles. The Hall–Kier alpha value is -4.45. The highest BCUT2D eigenvalue weighted by atomic mass is 16.5. The Morgan fingerprint density at radius 3 is 2.03 bits per heavy atom. The smallest absolute Gasteiger partial charge is 0.325 e. The van der Waals surface area contributed by atoms with Gasteiger partial charge in [0.15, 0.2) is 0 Å². The molecule has 2 rings (SSSR count). The molecule has 0 radical (unpaired) electrons. The van der Waals surface area contributed by atoms with Crippen LogP contribution in [0.1, 0.15) is 11.1 Å². The lowest BCUT2D eigenvalue weighted by atomic mass is 10.1. The van der Waals surface area contributed by atoms with Crippen LogP contribution in [0.25, 0.3) is 0 Å². The number of benzene rings is 2. The topological polar surface area (TPSA) is 189 Å². The fraction of sp³-hybridized carbons (Fsp3) is 0.320. The summed E-state index contributed by atoms with van der Waals surface area (Å²) in [6.45, 7) is -1.20. The molecule has 0 aliphatic rings. The van der Waals surface area contributed by atoms with Crippen molar-refractivity contribution in [3.63, 3.8) is 0 Å². The minimum atomic E-state index is -1.01. The third-order valence-electron chi connectivity index (χ3n) is 5.17. The number of phenols is 1. The van der Waals surface area contributed by atoms with Crippen LogP contribution in [0.15, 0.2) is 54.6 Å². The van der Waals surface area contributed by atoms with E-state index in [1.165, 1.54) is 19.2 Å². The van der Waals surface area contributed by atoms with Gasteiger partial charge in [-0.15, -0.1) is 0 Å². The Morgan fingerprint density at radius 1 is 0.784 bits per heavy atom. The molecule has 0 aliphatic carbocycles. The van der Waals surface area contributed by atoms with Crippen LogP contribution in [0.2, 0.25) is 0 Å². The number of phenolic OH excluding ortho intramolecular Hbond substituents is 1. The first kappa shape index (κ1) is 28.8. The summed E-state index contributed by atoms with van der Waals surface area (Å²) >= 11 is 0. The van der Waals surface area contributed by atoms with E-state index in [1.807, 2.05) is 6.07 Å². The highest BCUT2D eigenvalue weighted by Crippen LogP contribution is 2.10. The van der Waals surface area contributed by atoms with Gasteiger partial charge in [0, 0.05) is 6.42 Å². The first-order valence-electron chi connectivity index (χ1n) is 11.4. The van der Waals surface area contributed by atoms with Crippen molar-refractivity contribution in [3.05, 3.63) is 65.7 Å². The number of nitrogens with one attached hydrogen (secondary N) is 4. The van der Waals surface area contributed by atoms with Gasteiger partial charge in [0.1, 0.15) is 18.3 Å². The number of aromatic hydroxyl groups is 1. The van der Waals surface area contributed by atoms with Gasteiger partial charge in [0.25, 0.3) is 0 Å². The lowest BCUT2D eigenvalue weighted by molar-refractivity contribution is -0.141. The fourth-order valence-electron chi connectivity index (χ4n) is 3.18. The third kappa shape index (κ3) is 10.8. The number of carbonyl (C=O) groups is 5. The summed E-state index contributed by atoms with van der Waals surface area (Å²) < 4.78 is 4.50. The van der Waals surface area contributed by atoms with Crippen molar-refractivity contribution in [2.75, 3.05) is 26.7 Å². The lowest BCUT2D eigenvalue weighted by Gasteiger charge is -2.19. The second-order valence-corrected chi connectivity index (χ2v) is 8.08. The summed E-state index contributed by atoms with van der Waals surface area (Å²) in [5.41, 5.74) is 7.37. The first-order valence-corrected chi connectivity index (χ1v) is 11.4. The number of hydrogen-bond acceptors (Lipinski definition) is 8. The quantitative estimate of drug-likeness (QED) is 0.175. The number of nitrogens with two attached hydrogens (primary N) is 1. The van der Waals surface area contributed by atoms with Gasteiger partial charge >= 0.3 is 5.97 Å². The van der Waals surface area contributed by atoms with Crippen molar-refractivity contribution in [1.29, 1.82) is 0 Å². The predicted molar refractivity (Wildman–Crippen MR) is 133 cm³/mol. The standard InChI is InChI=1S/C25H31N5O7/c1-37-23(34)15-29-25(36)20(12-16-5-3-2-4-6-16)30-22(33)14-27-21(32)13-28-24(35)19(26)11-17-7-9-18(31)10-8-17/h2-10,19-20,31H,11-15,26H2,1H3,(H,27,32)(H,28,35)(H,29,36)(H,30,33)/t19-,20-/m0/s1. The fourth-order valence-corrected chi connectivity index (χ4v) is 3.18. The Morgan fingerprint density at radius 2 is 1.38 bits per heavy atom. The number of carbonyl (C=O) groups excluding carboxylic acids is 5. The molecule has 7 N–H and O–H groups in total. The zero-order valence-corrected chi connectivity index (χ0v) is 20.4. The Bertz CT molecular complexity index is 1080. The van der Waals surface area contributed by atoms with E-state index < -0.39 is 54.8 Å². The SMILES string of the molecule is COC(=O)CNC(=O)[C@H](Cc1ccccc1)NC(=O)CNC(=O)CNC(=O)[C@@H](N)Cc1ccc(O)cc1. The number of rotatable bonds is 13. The highest BCUT2D eigenvalue weighted by molar-refractivity contribution is 5.92. The number of amides is 4. The van der Waals surface area contributed by atoms with Crippen LogP contribution < -0.4 is 27.0 Å². The molecule has 0 unspecified atom stereocenters. The van der Waals surface area contributed by atoms with Crippen LogP contribution in [0.5, 0.6) is 5.75 Å². The zero-order valence-electron chi connectivity index (χ0n) is 20.4. The molecule has 12 nitrogen and oxygen atoms in total. The van der Waals surface area contributed by atoms with Crippen molar-refractivity contribution < 1.29 is 33.8 Å². The van der Waals surface area contributed by atoms with Crippen LogP contribution in [0.3, 0.4) is 0 Å². The Kier molecular flexibility index (Phi) is 11.5. The number of ether oxygens (including phenoxy) is 1. The van der Waals surface area contributed by atoms with Crippen molar-refractivity contribution in [1.82, 2.24) is 21.3 Å². The molecule has 4 amide bonds. The van der Waals surface area contributed by atoms with Crippen LogP contribution in [0, 0.1) is 0 Å². The third-order valence-corrected chi connectivity index (χ3v) is 5.17. The molecule has 0 aliphatic heterocycles. The van der Waals surface area contributed by atoms with Gasteiger partial charge in [-0.3, -0.25) is 24.0 Å². The second kappa shape index (κ2) is 14.8. The maximum absolute atomic E-state index is 12.5. The zero-order chi connectivity index (χ0) is 27.2. The van der Waals surface area contributed by atoms with Gasteiger partial charge in [-0.05, 0) is 29.7 Å². The summed E-state index contributed by atoms with van der Waals surface area (Å²) in [6.07, 6.45) is 0.361. The van der Waals surface area contributed by atoms with E-state index in [9.17, 15) is 29.1 Å². The summed E-state index contributed by atoms with van der Waals surface area (Å²) in [6, 6.07) is 13.2. The van der Waals surface area contributed by atoms with Crippen molar-refractivity contribution >= 4 is 29.6 Å². The van der Waals surface area contributed by atoms with Gasteiger partial charge < -0.3 is 36.8 Å². The van der Waals surface area contributed by atoms with Gasteiger partial charge in [0.2, 0.25) is 23.6 Å². The summed E-state index contributed by atoms with van der Waals surface area (Å²) in [5, 5.41) is 19.0. The Labute approximate surface area is 213 Å². The minimum absolute atomic E-state index is 0.0932. The van der Waals surface area contributed by atoms with Crippen LogP contribution in [0.4, 0.5) is 0 Å². The molecule has 2 atom stereocenters. The molecule has 0 fully saturated rings.